The standard InChI is InChI=1S/C28H24O5/c1-32-25(30)27-20-16-10-5-11-17-21(20)28(24(27)29,26(31)33-2)23(19-14-8-4-9-15-19)22(27)18-12-6-3-7-13-18/h3-16,20-21H,17H2,1-2H3. The van der Waals surface area contributed by atoms with Gasteiger partial charge >= 0.3 is 11.9 Å². The summed E-state index contributed by atoms with van der Waals surface area (Å²) in [6.45, 7) is 0. The highest BCUT2D eigenvalue weighted by Gasteiger charge is 2.81. The van der Waals surface area contributed by atoms with Crippen molar-refractivity contribution in [2.45, 2.75) is 6.42 Å². The smallest absolute Gasteiger partial charge is 0.324 e. The van der Waals surface area contributed by atoms with E-state index < -0.39 is 40.4 Å². The van der Waals surface area contributed by atoms with Crippen LogP contribution in [0.15, 0.2) is 85.0 Å². The van der Waals surface area contributed by atoms with Gasteiger partial charge in [0.15, 0.2) is 16.6 Å². The third-order valence-corrected chi connectivity index (χ3v) is 7.34. The fourth-order valence-corrected chi connectivity index (χ4v) is 6.22. The normalized spacial score (nSPS) is 29.6. The quantitative estimate of drug-likeness (QED) is 0.525. The molecule has 166 valence electrons. The summed E-state index contributed by atoms with van der Waals surface area (Å²) < 4.78 is 10.6. The minimum atomic E-state index is -1.65. The Morgan fingerprint density at radius 2 is 1.30 bits per heavy atom. The summed E-state index contributed by atoms with van der Waals surface area (Å²) in [5.41, 5.74) is -0.769. The summed E-state index contributed by atoms with van der Waals surface area (Å²) in [7, 11) is 2.59. The van der Waals surface area contributed by atoms with Crippen molar-refractivity contribution in [1.82, 2.24) is 0 Å². The highest BCUT2D eigenvalue weighted by atomic mass is 16.5. The highest BCUT2D eigenvalue weighted by molar-refractivity contribution is 6.38. The van der Waals surface area contributed by atoms with E-state index >= 15 is 0 Å². The van der Waals surface area contributed by atoms with Crippen molar-refractivity contribution in [3.05, 3.63) is 96.1 Å². The van der Waals surface area contributed by atoms with Gasteiger partial charge in [0.1, 0.15) is 0 Å². The minimum Gasteiger partial charge on any atom is -0.468 e. The maximum Gasteiger partial charge on any atom is 0.324 e. The van der Waals surface area contributed by atoms with Gasteiger partial charge in [0.05, 0.1) is 14.2 Å². The predicted octanol–water partition coefficient (Wildman–Crippen LogP) is 4.26. The first kappa shape index (κ1) is 21.1. The van der Waals surface area contributed by atoms with E-state index in [1.165, 1.54) is 14.2 Å². The molecule has 33 heavy (non-hydrogen) atoms. The van der Waals surface area contributed by atoms with Gasteiger partial charge in [-0.25, -0.2) is 0 Å². The van der Waals surface area contributed by atoms with Crippen LogP contribution in [0.5, 0.6) is 0 Å². The summed E-state index contributed by atoms with van der Waals surface area (Å²) in [6, 6.07) is 18.7. The monoisotopic (exact) mass is 440 g/mol. The first-order valence-corrected chi connectivity index (χ1v) is 11.0. The molecular weight excluding hydrogens is 416 g/mol. The molecule has 0 saturated heterocycles. The maximum atomic E-state index is 14.6. The topological polar surface area (TPSA) is 69.7 Å². The van der Waals surface area contributed by atoms with Gasteiger partial charge in [0.25, 0.3) is 0 Å². The number of hydrogen-bond acceptors (Lipinski definition) is 5. The van der Waals surface area contributed by atoms with Gasteiger partial charge in [0, 0.05) is 5.92 Å². The molecule has 0 radical (unpaired) electrons. The third-order valence-electron chi connectivity index (χ3n) is 7.34. The zero-order valence-corrected chi connectivity index (χ0v) is 18.5. The van der Waals surface area contributed by atoms with E-state index in [9.17, 15) is 14.4 Å². The average molecular weight is 440 g/mol. The number of Topliss-reactive ketones (excluding diaryl/α,β-unsaturated/α-hetero) is 1. The Balaban J connectivity index is 2.00. The molecule has 2 bridgehead atoms. The third kappa shape index (κ3) is 2.50. The Bertz CT molecular complexity index is 1220. The molecule has 0 aliphatic heterocycles. The van der Waals surface area contributed by atoms with Crippen molar-refractivity contribution in [3.63, 3.8) is 0 Å². The van der Waals surface area contributed by atoms with Gasteiger partial charge in [-0.2, -0.15) is 0 Å². The Morgan fingerprint density at radius 3 is 1.85 bits per heavy atom. The SMILES string of the molecule is COC(=O)C12C(=O)C(C(=O)OC)(C(c3ccccc3)=C1c1ccccc1)C1CC=CC=CC12. The second-order valence-corrected chi connectivity index (χ2v) is 8.59. The zero-order valence-electron chi connectivity index (χ0n) is 18.5. The number of ketones is 1. The number of rotatable bonds is 4. The Hall–Kier alpha value is -3.73. The van der Waals surface area contributed by atoms with Crippen LogP contribution in [0.3, 0.4) is 0 Å². The Kier molecular flexibility index (Phi) is 4.93. The van der Waals surface area contributed by atoms with Crippen LogP contribution >= 0.6 is 0 Å². The van der Waals surface area contributed by atoms with Crippen LogP contribution in [-0.2, 0) is 23.9 Å². The van der Waals surface area contributed by atoms with Crippen LogP contribution < -0.4 is 0 Å². The van der Waals surface area contributed by atoms with Crippen LogP contribution in [0.2, 0.25) is 0 Å². The number of ether oxygens (including phenoxy) is 2. The number of benzene rings is 2. The van der Waals surface area contributed by atoms with E-state index in [0.29, 0.717) is 23.1 Å². The molecule has 5 nitrogen and oxygen atoms in total. The molecule has 4 atom stereocenters. The number of fused-ring (bicyclic) bond motifs is 5. The fourth-order valence-electron chi connectivity index (χ4n) is 6.22. The second-order valence-electron chi connectivity index (χ2n) is 8.59. The Morgan fingerprint density at radius 1 is 0.788 bits per heavy atom. The van der Waals surface area contributed by atoms with Gasteiger partial charge in [-0.05, 0) is 34.6 Å². The molecule has 3 aliphatic rings. The molecule has 2 aromatic rings. The summed E-state index contributed by atoms with van der Waals surface area (Å²) in [6.07, 6.45) is 8.01. The van der Waals surface area contributed by atoms with Crippen molar-refractivity contribution in [1.29, 1.82) is 0 Å². The number of esters is 2. The van der Waals surface area contributed by atoms with Crippen LogP contribution in [0, 0.1) is 22.7 Å². The number of hydrogen-bond donors (Lipinski definition) is 0. The lowest BCUT2D eigenvalue weighted by atomic mass is 9.60. The molecule has 5 heteroatoms. The van der Waals surface area contributed by atoms with Gasteiger partial charge in [-0.3, -0.25) is 14.4 Å². The van der Waals surface area contributed by atoms with Crippen LogP contribution in [0.25, 0.3) is 11.1 Å². The van der Waals surface area contributed by atoms with E-state index in [0.717, 1.165) is 5.56 Å². The molecule has 1 saturated carbocycles. The van der Waals surface area contributed by atoms with Gasteiger partial charge in [-0.15, -0.1) is 0 Å². The molecule has 0 N–H and O–H groups in total. The summed E-state index contributed by atoms with van der Waals surface area (Å²) >= 11 is 0. The molecular formula is C28H24O5. The molecule has 2 aromatic carbocycles. The van der Waals surface area contributed by atoms with Gasteiger partial charge in [0.2, 0.25) is 0 Å². The Labute approximate surface area is 192 Å². The first-order chi connectivity index (χ1) is 16.1. The maximum absolute atomic E-state index is 14.6. The van der Waals surface area contributed by atoms with E-state index in [4.69, 9.17) is 9.47 Å². The number of allylic oxidation sites excluding steroid dienone is 4. The molecule has 0 spiro atoms. The zero-order chi connectivity index (χ0) is 23.2. The summed E-state index contributed by atoms with van der Waals surface area (Å²) in [5.74, 6) is -2.77. The lowest BCUT2D eigenvalue weighted by molar-refractivity contribution is -0.157. The van der Waals surface area contributed by atoms with Crippen LogP contribution in [0.1, 0.15) is 17.5 Å². The number of methoxy groups -OCH3 is 2. The van der Waals surface area contributed by atoms with Gasteiger partial charge < -0.3 is 9.47 Å². The molecule has 4 unspecified atom stereocenters. The number of carbonyl (C=O) groups is 3. The van der Waals surface area contributed by atoms with Crippen molar-refractivity contribution >= 4 is 28.9 Å². The summed E-state index contributed by atoms with van der Waals surface area (Å²) in [4.78, 5) is 42.0. The molecule has 1 fully saturated rings. The summed E-state index contributed by atoms with van der Waals surface area (Å²) in [5, 5.41) is 0. The molecule has 0 amide bonds. The molecule has 5 rings (SSSR count). The molecule has 0 aromatic heterocycles. The minimum absolute atomic E-state index is 0.454. The molecule has 3 aliphatic carbocycles. The van der Waals surface area contributed by atoms with E-state index in [2.05, 4.69) is 0 Å². The van der Waals surface area contributed by atoms with Crippen LogP contribution in [0.4, 0.5) is 0 Å². The van der Waals surface area contributed by atoms with Gasteiger partial charge in [-0.1, -0.05) is 85.0 Å². The van der Waals surface area contributed by atoms with E-state index in [1.807, 2.05) is 85.0 Å². The first-order valence-electron chi connectivity index (χ1n) is 11.0. The average Bonchev–Trinajstić information content (AvgIpc) is 3.06. The van der Waals surface area contributed by atoms with Crippen molar-refractivity contribution in [2.75, 3.05) is 14.2 Å². The lowest BCUT2D eigenvalue weighted by Gasteiger charge is -2.40. The van der Waals surface area contributed by atoms with Crippen molar-refractivity contribution in [3.8, 4) is 0 Å². The van der Waals surface area contributed by atoms with E-state index in [1.54, 1.807) is 0 Å². The lowest BCUT2D eigenvalue weighted by Crippen LogP contribution is -2.43. The van der Waals surface area contributed by atoms with E-state index in [-0.39, 0.29) is 0 Å². The van der Waals surface area contributed by atoms with Crippen molar-refractivity contribution < 1.29 is 23.9 Å². The van der Waals surface area contributed by atoms with Crippen LogP contribution in [-0.4, -0.2) is 31.9 Å². The molecule has 0 heterocycles. The largest absolute Gasteiger partial charge is 0.468 e. The second kappa shape index (κ2) is 7.69. The highest BCUT2D eigenvalue weighted by Crippen LogP contribution is 2.73. The predicted molar refractivity (Wildman–Crippen MR) is 123 cm³/mol. The fraction of sp³-hybridized carbons (Fsp3) is 0.250. The number of carbonyl (C=O) groups excluding carboxylic acids is 3. The van der Waals surface area contributed by atoms with Crippen molar-refractivity contribution in [2.24, 2.45) is 22.7 Å².